The molecular formula is C13H22N4. The van der Waals surface area contributed by atoms with Crippen molar-refractivity contribution < 1.29 is 0 Å². The fraction of sp³-hybridized carbons (Fsp3) is 0.692. The molecule has 0 saturated heterocycles. The summed E-state index contributed by atoms with van der Waals surface area (Å²) in [5, 5.41) is 3.40. The van der Waals surface area contributed by atoms with Crippen molar-refractivity contribution in [3.8, 4) is 0 Å². The number of anilines is 1. The number of fused-ring (bicyclic) bond motifs is 1. The van der Waals surface area contributed by atoms with E-state index in [9.17, 15) is 0 Å². The smallest absolute Gasteiger partial charge is 0.136 e. The molecule has 0 bridgehead atoms. The van der Waals surface area contributed by atoms with Crippen molar-refractivity contribution in [1.29, 1.82) is 0 Å². The lowest BCUT2D eigenvalue weighted by atomic mass is 10.0. The van der Waals surface area contributed by atoms with Gasteiger partial charge in [-0.15, -0.1) is 0 Å². The monoisotopic (exact) mass is 234 g/mol. The third kappa shape index (κ3) is 2.41. The standard InChI is InChI=1S/C13H22N4/c1-9(2)10(3)17(4)13-11-7-14-6-5-12(11)15-8-16-13/h8-10,14H,5-7H2,1-4H3. The van der Waals surface area contributed by atoms with Crippen molar-refractivity contribution >= 4 is 5.82 Å². The van der Waals surface area contributed by atoms with E-state index in [4.69, 9.17) is 0 Å². The molecule has 1 aliphatic heterocycles. The molecule has 2 heterocycles. The van der Waals surface area contributed by atoms with Gasteiger partial charge in [-0.25, -0.2) is 9.97 Å². The molecule has 17 heavy (non-hydrogen) atoms. The maximum absolute atomic E-state index is 4.47. The predicted octanol–water partition coefficient (Wildman–Crippen LogP) is 1.60. The molecular weight excluding hydrogens is 212 g/mol. The van der Waals surface area contributed by atoms with Gasteiger partial charge in [-0.2, -0.15) is 0 Å². The minimum Gasteiger partial charge on any atom is -0.356 e. The Bertz CT molecular complexity index is 389. The van der Waals surface area contributed by atoms with Gasteiger partial charge in [0.2, 0.25) is 0 Å². The van der Waals surface area contributed by atoms with Gasteiger partial charge in [0, 0.05) is 38.2 Å². The lowest BCUT2D eigenvalue weighted by molar-refractivity contribution is 0.498. The van der Waals surface area contributed by atoms with Crippen molar-refractivity contribution in [2.75, 3.05) is 18.5 Å². The molecule has 4 heteroatoms. The second kappa shape index (κ2) is 5.00. The maximum atomic E-state index is 4.47. The van der Waals surface area contributed by atoms with Crippen LogP contribution in [0.1, 0.15) is 32.0 Å². The summed E-state index contributed by atoms with van der Waals surface area (Å²) in [6.07, 6.45) is 2.71. The van der Waals surface area contributed by atoms with E-state index < -0.39 is 0 Å². The highest BCUT2D eigenvalue weighted by molar-refractivity contribution is 5.49. The molecule has 0 radical (unpaired) electrons. The van der Waals surface area contributed by atoms with E-state index in [1.165, 1.54) is 11.3 Å². The zero-order chi connectivity index (χ0) is 12.4. The number of aromatic nitrogens is 2. The molecule has 0 fully saturated rings. The third-order valence-corrected chi connectivity index (χ3v) is 3.76. The fourth-order valence-electron chi connectivity index (χ4n) is 2.20. The largest absolute Gasteiger partial charge is 0.356 e. The molecule has 1 aliphatic rings. The van der Waals surface area contributed by atoms with Gasteiger partial charge in [0.05, 0.1) is 5.69 Å². The van der Waals surface area contributed by atoms with E-state index in [1.807, 2.05) is 0 Å². The Morgan fingerprint density at radius 1 is 1.29 bits per heavy atom. The minimum atomic E-state index is 0.482. The van der Waals surface area contributed by atoms with Crippen molar-refractivity contribution in [2.24, 2.45) is 5.92 Å². The average Bonchev–Trinajstić information content (AvgIpc) is 2.36. The topological polar surface area (TPSA) is 41.1 Å². The SMILES string of the molecule is CC(C)C(C)N(C)c1ncnc2c1CNCC2. The van der Waals surface area contributed by atoms with E-state index in [0.717, 1.165) is 25.3 Å². The molecule has 0 spiro atoms. The van der Waals surface area contributed by atoms with Gasteiger partial charge in [-0.05, 0) is 12.8 Å². The molecule has 1 aromatic rings. The first kappa shape index (κ1) is 12.3. The van der Waals surface area contributed by atoms with Crippen LogP contribution >= 0.6 is 0 Å². The zero-order valence-electron chi connectivity index (χ0n) is 11.2. The number of hydrogen-bond acceptors (Lipinski definition) is 4. The van der Waals surface area contributed by atoms with Crippen molar-refractivity contribution in [3.63, 3.8) is 0 Å². The molecule has 94 valence electrons. The summed E-state index contributed by atoms with van der Waals surface area (Å²) in [4.78, 5) is 11.1. The van der Waals surface area contributed by atoms with Crippen LogP contribution in [0.5, 0.6) is 0 Å². The Balaban J connectivity index is 2.32. The third-order valence-electron chi connectivity index (χ3n) is 3.76. The van der Waals surface area contributed by atoms with Gasteiger partial charge in [-0.3, -0.25) is 0 Å². The van der Waals surface area contributed by atoms with E-state index in [1.54, 1.807) is 6.33 Å². The van der Waals surface area contributed by atoms with Gasteiger partial charge in [0.25, 0.3) is 0 Å². The Labute approximate surface area is 103 Å². The highest BCUT2D eigenvalue weighted by Gasteiger charge is 2.21. The van der Waals surface area contributed by atoms with Crippen LogP contribution in [0.3, 0.4) is 0 Å². The molecule has 0 aliphatic carbocycles. The molecule has 1 N–H and O–H groups in total. The Morgan fingerprint density at radius 2 is 2.06 bits per heavy atom. The summed E-state index contributed by atoms with van der Waals surface area (Å²) in [6.45, 7) is 8.64. The Morgan fingerprint density at radius 3 is 2.76 bits per heavy atom. The molecule has 1 atom stereocenters. The minimum absolute atomic E-state index is 0.482. The van der Waals surface area contributed by atoms with Gasteiger partial charge in [-0.1, -0.05) is 13.8 Å². The number of nitrogens with one attached hydrogen (secondary N) is 1. The maximum Gasteiger partial charge on any atom is 0.136 e. The normalized spacial score (nSPS) is 16.8. The van der Waals surface area contributed by atoms with Crippen LogP contribution in [-0.2, 0) is 13.0 Å². The quantitative estimate of drug-likeness (QED) is 0.862. The van der Waals surface area contributed by atoms with E-state index >= 15 is 0 Å². The second-order valence-electron chi connectivity index (χ2n) is 5.14. The Hall–Kier alpha value is -1.16. The molecule has 0 saturated carbocycles. The van der Waals surface area contributed by atoms with Crippen LogP contribution in [-0.4, -0.2) is 29.6 Å². The highest BCUT2D eigenvalue weighted by Crippen LogP contribution is 2.24. The first-order valence-electron chi connectivity index (χ1n) is 6.37. The fourth-order valence-corrected chi connectivity index (χ4v) is 2.20. The summed E-state index contributed by atoms with van der Waals surface area (Å²) in [5.74, 6) is 1.70. The summed E-state index contributed by atoms with van der Waals surface area (Å²) in [5.41, 5.74) is 2.48. The predicted molar refractivity (Wildman–Crippen MR) is 70.1 cm³/mol. The molecule has 0 aromatic carbocycles. The first-order chi connectivity index (χ1) is 8.11. The van der Waals surface area contributed by atoms with Crippen LogP contribution in [0, 0.1) is 5.92 Å². The van der Waals surface area contributed by atoms with E-state index in [-0.39, 0.29) is 0 Å². The molecule has 1 aromatic heterocycles. The molecule has 4 nitrogen and oxygen atoms in total. The van der Waals surface area contributed by atoms with Crippen molar-refractivity contribution in [1.82, 2.24) is 15.3 Å². The zero-order valence-corrected chi connectivity index (χ0v) is 11.2. The number of hydrogen-bond donors (Lipinski definition) is 1. The summed E-state index contributed by atoms with van der Waals surface area (Å²) in [6, 6.07) is 0.482. The Kier molecular flexibility index (Phi) is 3.62. The van der Waals surface area contributed by atoms with Crippen LogP contribution in [0.25, 0.3) is 0 Å². The van der Waals surface area contributed by atoms with Gasteiger partial charge in [0.15, 0.2) is 0 Å². The van der Waals surface area contributed by atoms with Gasteiger partial charge < -0.3 is 10.2 Å². The van der Waals surface area contributed by atoms with Crippen LogP contribution in [0.4, 0.5) is 5.82 Å². The highest BCUT2D eigenvalue weighted by atomic mass is 15.2. The average molecular weight is 234 g/mol. The van der Waals surface area contributed by atoms with E-state index in [2.05, 4.69) is 48.0 Å². The second-order valence-corrected chi connectivity index (χ2v) is 5.14. The van der Waals surface area contributed by atoms with Gasteiger partial charge in [0.1, 0.15) is 12.1 Å². The molecule has 1 unspecified atom stereocenters. The van der Waals surface area contributed by atoms with Crippen LogP contribution < -0.4 is 10.2 Å². The number of nitrogens with zero attached hydrogens (tertiary/aromatic N) is 3. The van der Waals surface area contributed by atoms with E-state index in [0.29, 0.717) is 12.0 Å². The van der Waals surface area contributed by atoms with Crippen molar-refractivity contribution in [3.05, 3.63) is 17.6 Å². The summed E-state index contributed by atoms with van der Waals surface area (Å²) < 4.78 is 0. The molecule has 2 rings (SSSR count). The summed E-state index contributed by atoms with van der Waals surface area (Å²) in [7, 11) is 2.13. The van der Waals surface area contributed by atoms with Crippen molar-refractivity contribution in [2.45, 2.75) is 39.8 Å². The first-order valence-corrected chi connectivity index (χ1v) is 6.37. The lowest BCUT2D eigenvalue weighted by Gasteiger charge is -2.31. The summed E-state index contributed by atoms with van der Waals surface area (Å²) >= 11 is 0. The molecule has 0 amide bonds. The van der Waals surface area contributed by atoms with Crippen LogP contribution in [0.2, 0.25) is 0 Å². The van der Waals surface area contributed by atoms with Gasteiger partial charge >= 0.3 is 0 Å². The lowest BCUT2D eigenvalue weighted by Crippen LogP contribution is -2.36. The van der Waals surface area contributed by atoms with Crippen LogP contribution in [0.15, 0.2) is 6.33 Å². The number of rotatable bonds is 3.